The molecule has 0 aromatic heterocycles. The van der Waals surface area contributed by atoms with Crippen LogP contribution < -0.4 is 14.8 Å². The number of anilines is 1. The van der Waals surface area contributed by atoms with Crippen LogP contribution >= 0.6 is 11.8 Å². The summed E-state index contributed by atoms with van der Waals surface area (Å²) in [6, 6.07) is 16.7. The Morgan fingerprint density at radius 3 is 2.47 bits per heavy atom. The van der Waals surface area contributed by atoms with Gasteiger partial charge in [-0.2, -0.15) is 0 Å². The van der Waals surface area contributed by atoms with Crippen molar-refractivity contribution in [3.05, 3.63) is 54.6 Å². The maximum Gasteiger partial charge on any atom is 0.321 e. The lowest BCUT2D eigenvalue weighted by Crippen LogP contribution is -2.55. The van der Waals surface area contributed by atoms with E-state index in [1.165, 1.54) is 0 Å². The Hall–Kier alpha value is -2.87. The molecule has 2 saturated heterocycles. The first-order valence-electron chi connectivity index (χ1n) is 11.0. The molecule has 1 N–H and O–H groups in total. The molecule has 1 spiro atoms. The minimum absolute atomic E-state index is 0.00222. The molecule has 32 heavy (non-hydrogen) atoms. The lowest BCUT2D eigenvalue weighted by atomic mass is 10.0. The zero-order chi connectivity index (χ0) is 22.4. The van der Waals surface area contributed by atoms with E-state index in [4.69, 9.17) is 9.47 Å². The van der Waals surface area contributed by atoms with Crippen molar-refractivity contribution in [2.45, 2.75) is 24.6 Å². The third-order valence-corrected chi connectivity index (χ3v) is 7.40. The average Bonchev–Trinajstić information content (AvgIpc) is 3.23. The largest absolute Gasteiger partial charge is 0.492 e. The van der Waals surface area contributed by atoms with Gasteiger partial charge in [-0.05, 0) is 44.0 Å². The molecule has 2 fully saturated rings. The van der Waals surface area contributed by atoms with Crippen LogP contribution in [0.4, 0.5) is 10.5 Å². The normalized spacial score (nSPS) is 17.3. The maximum absolute atomic E-state index is 12.9. The molecule has 0 bridgehead atoms. The Kier molecular flexibility index (Phi) is 7.09. The van der Waals surface area contributed by atoms with Gasteiger partial charge in [0.25, 0.3) is 5.91 Å². The number of likely N-dealkylation sites (tertiary alicyclic amines) is 1. The van der Waals surface area contributed by atoms with E-state index in [-0.39, 0.29) is 23.4 Å². The van der Waals surface area contributed by atoms with Gasteiger partial charge in [0.15, 0.2) is 6.61 Å². The molecule has 8 heteroatoms. The lowest BCUT2D eigenvalue weighted by molar-refractivity contribution is -0.136. The molecule has 7 nitrogen and oxygen atoms in total. The van der Waals surface area contributed by atoms with Crippen LogP contribution in [0.2, 0.25) is 0 Å². The van der Waals surface area contributed by atoms with E-state index < -0.39 is 0 Å². The number of hydrogen-bond acceptors (Lipinski definition) is 5. The minimum atomic E-state index is -0.253. The molecule has 2 heterocycles. The van der Waals surface area contributed by atoms with Gasteiger partial charge < -0.3 is 24.6 Å². The molecule has 2 aliphatic heterocycles. The molecule has 2 aromatic rings. The number of carbonyl (C=O) groups excluding carboxylic acids is 2. The first-order chi connectivity index (χ1) is 15.6. The van der Waals surface area contributed by atoms with Gasteiger partial charge in [0.2, 0.25) is 0 Å². The number of nitrogens with one attached hydrogen (secondary N) is 1. The first kappa shape index (κ1) is 22.3. The van der Waals surface area contributed by atoms with Crippen molar-refractivity contribution in [1.29, 1.82) is 0 Å². The van der Waals surface area contributed by atoms with Crippen LogP contribution in [0.25, 0.3) is 0 Å². The zero-order valence-corrected chi connectivity index (χ0v) is 19.1. The van der Waals surface area contributed by atoms with Gasteiger partial charge in [0, 0.05) is 25.4 Å². The highest BCUT2D eigenvalue weighted by Gasteiger charge is 2.46. The fourth-order valence-electron chi connectivity index (χ4n) is 4.22. The summed E-state index contributed by atoms with van der Waals surface area (Å²) in [7, 11) is 0. The van der Waals surface area contributed by atoms with Gasteiger partial charge in [-0.25, -0.2) is 4.79 Å². The standard InChI is InChI=1S/C24H29N3O4S/c1-2-30-21-11-7-6-10-20(21)25-23(29)26-14-12-24(13-15-26)27(16-17-32-24)22(28)18-31-19-8-4-3-5-9-19/h3-11H,2,12-18H2,1H3,(H,25,29). The summed E-state index contributed by atoms with van der Waals surface area (Å²) in [5, 5.41) is 2.97. The summed E-state index contributed by atoms with van der Waals surface area (Å²) in [5.74, 6) is 2.27. The Morgan fingerprint density at radius 1 is 1.00 bits per heavy atom. The molecule has 0 atom stereocenters. The Morgan fingerprint density at radius 2 is 1.72 bits per heavy atom. The topological polar surface area (TPSA) is 71.1 Å². The molecule has 4 rings (SSSR count). The molecule has 0 aliphatic carbocycles. The summed E-state index contributed by atoms with van der Waals surface area (Å²) in [6.45, 7) is 4.40. The third-order valence-electron chi connectivity index (χ3n) is 5.84. The van der Waals surface area contributed by atoms with Crippen LogP contribution in [0.1, 0.15) is 19.8 Å². The minimum Gasteiger partial charge on any atom is -0.492 e. The number of amides is 3. The second-order valence-corrected chi connectivity index (χ2v) is 9.24. The Balaban J connectivity index is 1.33. The molecule has 0 saturated carbocycles. The van der Waals surface area contributed by atoms with Crippen LogP contribution in [0.15, 0.2) is 54.6 Å². The molecule has 0 unspecified atom stereocenters. The van der Waals surface area contributed by atoms with Gasteiger partial charge in [-0.1, -0.05) is 30.3 Å². The predicted molar refractivity (Wildman–Crippen MR) is 126 cm³/mol. The van der Waals surface area contributed by atoms with Gasteiger partial charge in [0.05, 0.1) is 17.2 Å². The van der Waals surface area contributed by atoms with Crippen LogP contribution in [0.5, 0.6) is 11.5 Å². The summed E-state index contributed by atoms with van der Waals surface area (Å²) >= 11 is 1.82. The molecule has 3 amide bonds. The number of para-hydroxylation sites is 3. The molecule has 170 valence electrons. The van der Waals surface area contributed by atoms with Crippen molar-refractivity contribution < 1.29 is 19.1 Å². The van der Waals surface area contributed by atoms with E-state index >= 15 is 0 Å². The lowest BCUT2D eigenvalue weighted by Gasteiger charge is -2.44. The molecular formula is C24H29N3O4S. The summed E-state index contributed by atoms with van der Waals surface area (Å²) in [4.78, 5) is 29.3. The number of urea groups is 1. The van der Waals surface area contributed by atoms with Crippen molar-refractivity contribution in [2.75, 3.05) is 43.9 Å². The monoisotopic (exact) mass is 455 g/mol. The third kappa shape index (κ3) is 4.96. The number of hydrogen-bond donors (Lipinski definition) is 1. The predicted octanol–water partition coefficient (Wildman–Crippen LogP) is 4.06. The number of carbonyl (C=O) groups is 2. The van der Waals surface area contributed by atoms with E-state index in [2.05, 4.69) is 5.32 Å². The zero-order valence-electron chi connectivity index (χ0n) is 18.3. The molecule has 0 radical (unpaired) electrons. The number of ether oxygens (including phenoxy) is 2. The SMILES string of the molecule is CCOc1ccccc1NC(=O)N1CCC2(CC1)SCCN2C(=O)COc1ccccc1. The second-order valence-electron chi connectivity index (χ2n) is 7.79. The van der Waals surface area contributed by atoms with Gasteiger partial charge >= 0.3 is 6.03 Å². The van der Waals surface area contributed by atoms with Crippen LogP contribution in [-0.4, -0.2) is 65.2 Å². The summed E-state index contributed by atoms with van der Waals surface area (Å²) in [6.07, 6.45) is 1.49. The van der Waals surface area contributed by atoms with Crippen molar-refractivity contribution in [3.8, 4) is 11.5 Å². The van der Waals surface area contributed by atoms with Crippen LogP contribution in [-0.2, 0) is 4.79 Å². The summed E-state index contributed by atoms with van der Waals surface area (Å²) < 4.78 is 11.3. The maximum atomic E-state index is 12.9. The fourth-order valence-corrected chi connectivity index (χ4v) is 5.69. The number of thioether (sulfide) groups is 1. The molecule has 2 aromatic carbocycles. The highest BCUT2D eigenvalue weighted by Crippen LogP contribution is 2.44. The van der Waals surface area contributed by atoms with Gasteiger partial charge in [0.1, 0.15) is 11.5 Å². The molecular weight excluding hydrogens is 426 g/mol. The highest BCUT2D eigenvalue weighted by atomic mass is 32.2. The Bertz CT molecular complexity index is 932. The van der Waals surface area contributed by atoms with Crippen molar-refractivity contribution >= 4 is 29.4 Å². The van der Waals surface area contributed by atoms with E-state index in [0.717, 1.165) is 25.1 Å². The van der Waals surface area contributed by atoms with E-state index in [9.17, 15) is 9.59 Å². The number of nitrogens with zero attached hydrogens (tertiary/aromatic N) is 2. The number of piperidine rings is 1. The first-order valence-corrected chi connectivity index (χ1v) is 12.0. The van der Waals surface area contributed by atoms with Crippen LogP contribution in [0, 0.1) is 0 Å². The van der Waals surface area contributed by atoms with E-state index in [1.54, 1.807) is 0 Å². The van der Waals surface area contributed by atoms with E-state index in [1.807, 2.05) is 83.1 Å². The quantitative estimate of drug-likeness (QED) is 0.711. The molecule has 2 aliphatic rings. The van der Waals surface area contributed by atoms with Crippen molar-refractivity contribution in [3.63, 3.8) is 0 Å². The van der Waals surface area contributed by atoms with Crippen LogP contribution in [0.3, 0.4) is 0 Å². The smallest absolute Gasteiger partial charge is 0.321 e. The van der Waals surface area contributed by atoms with Crippen molar-refractivity contribution in [2.24, 2.45) is 0 Å². The summed E-state index contributed by atoms with van der Waals surface area (Å²) in [5.41, 5.74) is 0.671. The van der Waals surface area contributed by atoms with Gasteiger partial charge in [-0.3, -0.25) is 4.79 Å². The van der Waals surface area contributed by atoms with E-state index in [0.29, 0.717) is 36.9 Å². The number of rotatable bonds is 6. The Labute approximate surface area is 193 Å². The second kappa shape index (κ2) is 10.2. The van der Waals surface area contributed by atoms with Crippen molar-refractivity contribution in [1.82, 2.24) is 9.80 Å². The number of benzene rings is 2. The highest BCUT2D eigenvalue weighted by molar-refractivity contribution is 8.00. The van der Waals surface area contributed by atoms with Gasteiger partial charge in [-0.15, -0.1) is 11.8 Å². The average molecular weight is 456 g/mol. The fraction of sp³-hybridized carbons (Fsp3) is 0.417.